The fourth-order valence-corrected chi connectivity index (χ4v) is 2.56. The van der Waals surface area contributed by atoms with Gasteiger partial charge in [0.1, 0.15) is 0 Å². The lowest BCUT2D eigenvalue weighted by molar-refractivity contribution is 0.291. The molecule has 1 heterocycles. The fraction of sp³-hybridized carbons (Fsp3) is 0.786. The summed E-state index contributed by atoms with van der Waals surface area (Å²) in [7, 11) is 0. The van der Waals surface area contributed by atoms with Gasteiger partial charge in [-0.1, -0.05) is 20.8 Å². The highest BCUT2D eigenvalue weighted by atomic mass is 15.2. The third kappa shape index (κ3) is 3.24. The molecule has 1 aliphatic carbocycles. The van der Waals surface area contributed by atoms with Gasteiger partial charge in [-0.3, -0.25) is 0 Å². The highest BCUT2D eigenvalue weighted by Gasteiger charge is 2.21. The van der Waals surface area contributed by atoms with Gasteiger partial charge in [0.15, 0.2) is 0 Å². The molecule has 0 bridgehead atoms. The number of hydrogen-bond donors (Lipinski definition) is 1. The zero-order valence-electron chi connectivity index (χ0n) is 11.3. The summed E-state index contributed by atoms with van der Waals surface area (Å²) in [6.07, 6.45) is 9.35. The van der Waals surface area contributed by atoms with E-state index in [4.69, 9.17) is 0 Å². The molecule has 17 heavy (non-hydrogen) atoms. The predicted octanol–water partition coefficient (Wildman–Crippen LogP) is 3.70. The van der Waals surface area contributed by atoms with Gasteiger partial charge in [-0.25, -0.2) is 4.98 Å². The van der Waals surface area contributed by atoms with Gasteiger partial charge in [-0.05, 0) is 37.5 Å². The monoisotopic (exact) mass is 235 g/mol. The first-order chi connectivity index (χ1) is 8.16. The molecular weight excluding hydrogens is 210 g/mol. The van der Waals surface area contributed by atoms with Gasteiger partial charge in [0.2, 0.25) is 5.95 Å². The summed E-state index contributed by atoms with van der Waals surface area (Å²) < 4.78 is 2.34. The molecule has 3 nitrogen and oxygen atoms in total. The lowest BCUT2D eigenvalue weighted by Gasteiger charge is -2.28. The maximum Gasteiger partial charge on any atom is 0.203 e. The van der Waals surface area contributed by atoms with Crippen LogP contribution in [0, 0.1) is 11.8 Å². The second kappa shape index (κ2) is 5.56. The van der Waals surface area contributed by atoms with Gasteiger partial charge in [0, 0.05) is 25.0 Å². The van der Waals surface area contributed by atoms with Crippen molar-refractivity contribution >= 4 is 5.95 Å². The predicted molar refractivity (Wildman–Crippen MR) is 72.2 cm³/mol. The summed E-state index contributed by atoms with van der Waals surface area (Å²) in [5, 5.41) is 3.45. The van der Waals surface area contributed by atoms with Gasteiger partial charge in [0.25, 0.3) is 0 Å². The molecular formula is C14H25N3. The lowest BCUT2D eigenvalue weighted by Crippen LogP contribution is -2.19. The number of anilines is 1. The van der Waals surface area contributed by atoms with E-state index in [0.717, 1.165) is 18.4 Å². The topological polar surface area (TPSA) is 29.9 Å². The molecule has 0 saturated heterocycles. The molecule has 1 aromatic rings. The number of nitrogens with one attached hydrogen (secondary N) is 1. The van der Waals surface area contributed by atoms with Crippen molar-refractivity contribution in [3.63, 3.8) is 0 Å². The molecule has 1 aromatic heterocycles. The van der Waals surface area contributed by atoms with Crippen LogP contribution in [0.1, 0.15) is 52.5 Å². The normalized spacial score (nSPS) is 25.2. The van der Waals surface area contributed by atoms with Crippen molar-refractivity contribution in [2.75, 3.05) is 11.9 Å². The van der Waals surface area contributed by atoms with Crippen LogP contribution in [0.2, 0.25) is 0 Å². The maximum atomic E-state index is 4.43. The average Bonchev–Trinajstić information content (AvgIpc) is 2.75. The molecule has 0 spiro atoms. The van der Waals surface area contributed by atoms with Crippen LogP contribution in [-0.4, -0.2) is 16.1 Å². The molecule has 1 saturated carbocycles. The van der Waals surface area contributed by atoms with E-state index in [1.807, 2.05) is 6.20 Å². The number of aromatic nitrogens is 2. The molecule has 3 heteroatoms. The Bertz CT molecular complexity index is 335. The molecule has 96 valence electrons. The molecule has 2 rings (SSSR count). The summed E-state index contributed by atoms with van der Waals surface area (Å²) in [5.41, 5.74) is 0. The van der Waals surface area contributed by atoms with Crippen LogP contribution in [0.4, 0.5) is 5.95 Å². The minimum atomic E-state index is 0.656. The fourth-order valence-electron chi connectivity index (χ4n) is 2.56. The van der Waals surface area contributed by atoms with Crippen LogP contribution in [0.5, 0.6) is 0 Å². The highest BCUT2D eigenvalue weighted by molar-refractivity contribution is 5.26. The SMILES string of the molecule is CC(C)CNc1nccn1C1CCC(C)CC1. The van der Waals surface area contributed by atoms with Gasteiger partial charge < -0.3 is 9.88 Å². The molecule has 0 aliphatic heterocycles. The van der Waals surface area contributed by atoms with Crippen molar-refractivity contribution in [3.8, 4) is 0 Å². The smallest absolute Gasteiger partial charge is 0.203 e. The number of hydrogen-bond acceptors (Lipinski definition) is 2. The van der Waals surface area contributed by atoms with E-state index in [-0.39, 0.29) is 0 Å². The first-order valence-electron chi connectivity index (χ1n) is 6.93. The molecule has 0 atom stereocenters. The van der Waals surface area contributed by atoms with Crippen molar-refractivity contribution in [1.82, 2.24) is 9.55 Å². The average molecular weight is 235 g/mol. The summed E-state index contributed by atoms with van der Waals surface area (Å²) in [6, 6.07) is 0.656. The van der Waals surface area contributed by atoms with Crippen molar-refractivity contribution in [3.05, 3.63) is 12.4 Å². The molecule has 1 fully saturated rings. The number of rotatable bonds is 4. The third-order valence-electron chi connectivity index (χ3n) is 3.72. The molecule has 0 radical (unpaired) electrons. The molecule has 0 unspecified atom stereocenters. The van der Waals surface area contributed by atoms with Crippen LogP contribution in [0.15, 0.2) is 12.4 Å². The number of imidazole rings is 1. The largest absolute Gasteiger partial charge is 0.355 e. The zero-order chi connectivity index (χ0) is 12.3. The Labute approximate surface area is 105 Å². The van der Waals surface area contributed by atoms with Gasteiger partial charge in [-0.15, -0.1) is 0 Å². The van der Waals surface area contributed by atoms with E-state index in [1.54, 1.807) is 0 Å². The van der Waals surface area contributed by atoms with Crippen LogP contribution < -0.4 is 5.32 Å². The quantitative estimate of drug-likeness (QED) is 0.862. The summed E-state index contributed by atoms with van der Waals surface area (Å²) in [6.45, 7) is 7.81. The first-order valence-corrected chi connectivity index (χ1v) is 6.93. The Kier molecular flexibility index (Phi) is 4.08. The van der Waals surface area contributed by atoms with Crippen LogP contribution >= 0.6 is 0 Å². The van der Waals surface area contributed by atoms with Crippen LogP contribution in [0.3, 0.4) is 0 Å². The van der Waals surface area contributed by atoms with E-state index < -0.39 is 0 Å². The summed E-state index contributed by atoms with van der Waals surface area (Å²) >= 11 is 0. The Hall–Kier alpha value is -0.990. The van der Waals surface area contributed by atoms with Crippen LogP contribution in [0.25, 0.3) is 0 Å². The first kappa shape index (κ1) is 12.5. The van der Waals surface area contributed by atoms with E-state index in [9.17, 15) is 0 Å². The Morgan fingerprint density at radius 2 is 2.06 bits per heavy atom. The van der Waals surface area contributed by atoms with Crippen molar-refractivity contribution in [2.45, 2.75) is 52.5 Å². The number of nitrogens with zero attached hydrogens (tertiary/aromatic N) is 2. The Morgan fingerprint density at radius 1 is 1.35 bits per heavy atom. The summed E-state index contributed by atoms with van der Waals surface area (Å²) in [5.74, 6) is 2.62. The highest BCUT2D eigenvalue weighted by Crippen LogP contribution is 2.33. The molecule has 1 N–H and O–H groups in total. The molecule has 0 aromatic carbocycles. The Morgan fingerprint density at radius 3 is 2.71 bits per heavy atom. The third-order valence-corrected chi connectivity index (χ3v) is 3.72. The van der Waals surface area contributed by atoms with E-state index in [1.165, 1.54) is 25.7 Å². The van der Waals surface area contributed by atoms with E-state index in [0.29, 0.717) is 12.0 Å². The van der Waals surface area contributed by atoms with Crippen molar-refractivity contribution in [2.24, 2.45) is 11.8 Å². The van der Waals surface area contributed by atoms with E-state index >= 15 is 0 Å². The van der Waals surface area contributed by atoms with Crippen LogP contribution in [-0.2, 0) is 0 Å². The summed E-state index contributed by atoms with van der Waals surface area (Å²) in [4.78, 5) is 4.43. The Balaban J connectivity index is 1.98. The second-order valence-corrected chi connectivity index (χ2v) is 5.85. The minimum absolute atomic E-state index is 0.656. The van der Waals surface area contributed by atoms with Gasteiger partial charge >= 0.3 is 0 Å². The molecule has 0 amide bonds. The zero-order valence-corrected chi connectivity index (χ0v) is 11.3. The van der Waals surface area contributed by atoms with Crippen molar-refractivity contribution < 1.29 is 0 Å². The standard InChI is InChI=1S/C14H25N3/c1-11(2)10-16-14-15-8-9-17(14)13-6-4-12(3)5-7-13/h8-9,11-13H,4-7,10H2,1-3H3,(H,15,16). The van der Waals surface area contributed by atoms with E-state index in [2.05, 4.69) is 41.8 Å². The van der Waals surface area contributed by atoms with Crippen molar-refractivity contribution in [1.29, 1.82) is 0 Å². The minimum Gasteiger partial charge on any atom is -0.355 e. The second-order valence-electron chi connectivity index (χ2n) is 5.85. The van der Waals surface area contributed by atoms with Gasteiger partial charge in [-0.2, -0.15) is 0 Å². The van der Waals surface area contributed by atoms with Gasteiger partial charge in [0.05, 0.1) is 0 Å². The molecule has 1 aliphatic rings. The lowest BCUT2D eigenvalue weighted by atomic mass is 9.87. The maximum absolute atomic E-state index is 4.43.